The number of hydrogen-bond donors (Lipinski definition) is 1. The number of nitrogens with zero attached hydrogens (tertiary/aromatic N) is 2. The smallest absolute Gasteiger partial charge is 0.132 e. The molecule has 0 fully saturated rings. The van der Waals surface area contributed by atoms with Crippen LogP contribution < -0.4 is 10.1 Å². The largest absolute Gasteiger partial charge is 0.497 e. The highest BCUT2D eigenvalue weighted by molar-refractivity contribution is 5.65. The summed E-state index contributed by atoms with van der Waals surface area (Å²) in [6.45, 7) is 1.82. The molecule has 1 atom stereocenters. The first-order valence-electron chi connectivity index (χ1n) is 9.18. The summed E-state index contributed by atoms with van der Waals surface area (Å²) in [5.41, 5.74) is 3.65. The fourth-order valence-electron chi connectivity index (χ4n) is 3.69. The van der Waals surface area contributed by atoms with Crippen LogP contribution in [0.5, 0.6) is 5.75 Å². The Balaban J connectivity index is 1.68. The Labute approximate surface area is 158 Å². The molecule has 138 valence electrons. The molecule has 0 saturated carbocycles. The van der Waals surface area contributed by atoms with Gasteiger partial charge in [0.15, 0.2) is 0 Å². The lowest BCUT2D eigenvalue weighted by atomic mass is 9.88. The Bertz CT molecular complexity index is 974. The Morgan fingerprint density at radius 3 is 2.81 bits per heavy atom. The minimum absolute atomic E-state index is 0.201. The van der Waals surface area contributed by atoms with E-state index >= 15 is 0 Å². The molecule has 3 aromatic rings. The molecule has 1 N–H and O–H groups in total. The highest BCUT2D eigenvalue weighted by atomic mass is 19.1. The molecule has 1 heterocycles. The number of hydrogen-bond acceptors (Lipinski definition) is 4. The van der Waals surface area contributed by atoms with Gasteiger partial charge in [-0.2, -0.15) is 0 Å². The molecule has 4 nitrogen and oxygen atoms in total. The monoisotopic (exact) mass is 363 g/mol. The van der Waals surface area contributed by atoms with Gasteiger partial charge in [0.1, 0.15) is 23.2 Å². The van der Waals surface area contributed by atoms with E-state index in [1.807, 2.05) is 13.0 Å². The number of nitrogens with one attached hydrogen (secondary N) is 1. The first-order valence-corrected chi connectivity index (χ1v) is 9.18. The molecule has 1 aliphatic rings. The number of methoxy groups -OCH3 is 1. The first-order chi connectivity index (χ1) is 13.1. The Kier molecular flexibility index (Phi) is 4.75. The number of ether oxygens (including phenoxy) is 1. The van der Waals surface area contributed by atoms with Crippen LogP contribution in [-0.2, 0) is 6.42 Å². The average Bonchev–Trinajstić information content (AvgIpc) is 2.68. The summed E-state index contributed by atoms with van der Waals surface area (Å²) in [6.07, 6.45) is 3.29. The van der Waals surface area contributed by atoms with Crippen LogP contribution in [0.4, 0.5) is 10.2 Å². The van der Waals surface area contributed by atoms with Crippen LogP contribution in [0.2, 0.25) is 0 Å². The molecule has 27 heavy (non-hydrogen) atoms. The van der Waals surface area contributed by atoms with Crippen LogP contribution in [0.15, 0.2) is 48.5 Å². The van der Waals surface area contributed by atoms with Gasteiger partial charge in [-0.3, -0.25) is 0 Å². The molecular weight excluding hydrogens is 341 g/mol. The highest BCUT2D eigenvalue weighted by Gasteiger charge is 2.20. The third-order valence-corrected chi connectivity index (χ3v) is 4.98. The maximum absolute atomic E-state index is 14.4. The summed E-state index contributed by atoms with van der Waals surface area (Å²) < 4.78 is 19.6. The fraction of sp³-hybridized carbons (Fsp3) is 0.273. The second-order valence-corrected chi connectivity index (χ2v) is 6.82. The summed E-state index contributed by atoms with van der Waals surface area (Å²) in [6, 6.07) is 15.2. The van der Waals surface area contributed by atoms with E-state index in [2.05, 4.69) is 39.6 Å². The molecule has 5 heteroatoms. The van der Waals surface area contributed by atoms with Gasteiger partial charge in [0.2, 0.25) is 0 Å². The predicted molar refractivity (Wildman–Crippen MR) is 104 cm³/mol. The van der Waals surface area contributed by atoms with Crippen molar-refractivity contribution in [2.75, 3.05) is 12.4 Å². The summed E-state index contributed by atoms with van der Waals surface area (Å²) in [4.78, 5) is 8.95. The maximum atomic E-state index is 14.4. The number of fused-ring (bicyclic) bond motifs is 1. The summed E-state index contributed by atoms with van der Waals surface area (Å²) in [5, 5.41) is 3.53. The van der Waals surface area contributed by atoms with E-state index in [9.17, 15) is 4.39 Å². The predicted octanol–water partition coefficient (Wildman–Crippen LogP) is 5.09. The third-order valence-electron chi connectivity index (χ3n) is 4.98. The number of aromatic nitrogens is 2. The molecule has 0 bridgehead atoms. The van der Waals surface area contributed by atoms with Gasteiger partial charge >= 0.3 is 0 Å². The van der Waals surface area contributed by atoms with Crippen LogP contribution in [-0.4, -0.2) is 17.1 Å². The van der Waals surface area contributed by atoms with Crippen LogP contribution in [0, 0.1) is 12.7 Å². The second kappa shape index (κ2) is 7.35. The number of anilines is 1. The van der Waals surface area contributed by atoms with Gasteiger partial charge in [0.25, 0.3) is 0 Å². The zero-order chi connectivity index (χ0) is 18.8. The number of aryl methyl sites for hydroxylation is 2. The van der Waals surface area contributed by atoms with E-state index in [0.29, 0.717) is 28.6 Å². The lowest BCUT2D eigenvalue weighted by Gasteiger charge is -2.27. The van der Waals surface area contributed by atoms with Gasteiger partial charge in [-0.1, -0.05) is 24.3 Å². The van der Waals surface area contributed by atoms with E-state index in [0.717, 1.165) is 19.3 Å². The van der Waals surface area contributed by atoms with Gasteiger partial charge in [-0.15, -0.1) is 0 Å². The number of rotatable bonds is 4. The minimum Gasteiger partial charge on any atom is -0.497 e. The van der Waals surface area contributed by atoms with Gasteiger partial charge in [0.05, 0.1) is 18.8 Å². The van der Waals surface area contributed by atoms with Crippen molar-refractivity contribution in [2.24, 2.45) is 0 Å². The van der Waals surface area contributed by atoms with E-state index in [4.69, 9.17) is 4.74 Å². The van der Waals surface area contributed by atoms with Crippen molar-refractivity contribution in [3.63, 3.8) is 0 Å². The molecule has 0 saturated heterocycles. The fourth-order valence-corrected chi connectivity index (χ4v) is 3.69. The molecule has 0 spiro atoms. The standard InChI is InChI=1S/C22H22FN3O/c1-14-24-21(18-12-16(27-2)10-11-19(18)23)13-22(25-14)26-20-9-5-7-15-6-3-4-8-17(15)20/h3-4,6,8,10-13,20H,5,7,9H2,1-2H3,(H,24,25,26)/t20-/m1/s1. The van der Waals surface area contributed by atoms with Gasteiger partial charge < -0.3 is 10.1 Å². The van der Waals surface area contributed by atoms with Crippen molar-refractivity contribution >= 4 is 5.82 Å². The zero-order valence-corrected chi connectivity index (χ0v) is 15.5. The average molecular weight is 363 g/mol. The van der Waals surface area contributed by atoms with E-state index in [1.165, 1.54) is 17.2 Å². The topological polar surface area (TPSA) is 47.0 Å². The molecule has 4 rings (SSSR count). The minimum atomic E-state index is -0.331. The molecular formula is C22H22FN3O. The van der Waals surface area contributed by atoms with Crippen LogP contribution >= 0.6 is 0 Å². The van der Waals surface area contributed by atoms with Crippen molar-refractivity contribution in [3.8, 4) is 17.0 Å². The SMILES string of the molecule is COc1ccc(F)c(-c2cc(N[C@@H]3CCCc4ccccc43)nc(C)n2)c1. The first kappa shape index (κ1) is 17.5. The maximum Gasteiger partial charge on any atom is 0.132 e. The lowest BCUT2D eigenvalue weighted by Crippen LogP contribution is -2.18. The van der Waals surface area contributed by atoms with Crippen LogP contribution in [0.25, 0.3) is 11.3 Å². The molecule has 0 radical (unpaired) electrons. The Hall–Kier alpha value is -2.95. The van der Waals surface area contributed by atoms with Crippen LogP contribution in [0.3, 0.4) is 0 Å². The van der Waals surface area contributed by atoms with E-state index in [1.54, 1.807) is 19.2 Å². The molecule has 0 aliphatic heterocycles. The molecule has 2 aromatic carbocycles. The number of benzene rings is 2. The summed E-state index contributed by atoms with van der Waals surface area (Å²) in [5.74, 6) is 1.57. The Morgan fingerprint density at radius 1 is 1.11 bits per heavy atom. The van der Waals surface area contributed by atoms with Crippen LogP contribution in [0.1, 0.15) is 35.8 Å². The van der Waals surface area contributed by atoms with E-state index < -0.39 is 0 Å². The highest BCUT2D eigenvalue weighted by Crippen LogP contribution is 2.33. The molecule has 0 amide bonds. The zero-order valence-electron chi connectivity index (χ0n) is 15.5. The van der Waals surface area contributed by atoms with E-state index in [-0.39, 0.29) is 11.9 Å². The molecule has 1 aliphatic carbocycles. The number of halogens is 1. The molecule has 1 aromatic heterocycles. The third kappa shape index (κ3) is 3.63. The second-order valence-electron chi connectivity index (χ2n) is 6.82. The lowest BCUT2D eigenvalue weighted by molar-refractivity contribution is 0.414. The van der Waals surface area contributed by atoms with Crippen molar-refractivity contribution in [2.45, 2.75) is 32.2 Å². The summed E-state index contributed by atoms with van der Waals surface area (Å²) in [7, 11) is 1.57. The van der Waals surface area contributed by atoms with Gasteiger partial charge in [0, 0.05) is 11.6 Å². The van der Waals surface area contributed by atoms with Crippen molar-refractivity contribution < 1.29 is 9.13 Å². The quantitative estimate of drug-likeness (QED) is 0.701. The molecule has 0 unspecified atom stereocenters. The summed E-state index contributed by atoms with van der Waals surface area (Å²) >= 11 is 0. The van der Waals surface area contributed by atoms with Gasteiger partial charge in [-0.25, -0.2) is 14.4 Å². The van der Waals surface area contributed by atoms with Crippen molar-refractivity contribution in [1.82, 2.24) is 9.97 Å². The van der Waals surface area contributed by atoms with Gasteiger partial charge in [-0.05, 0) is 55.5 Å². The normalized spacial score (nSPS) is 15.9. The Morgan fingerprint density at radius 2 is 1.96 bits per heavy atom. The van der Waals surface area contributed by atoms with Crippen molar-refractivity contribution in [3.05, 3.63) is 71.3 Å². The van der Waals surface area contributed by atoms with Crippen molar-refractivity contribution in [1.29, 1.82) is 0 Å².